The Kier molecular flexibility index (Phi) is 9.23. The second-order valence-electron chi connectivity index (χ2n) is 9.49. The lowest BCUT2D eigenvalue weighted by Gasteiger charge is -2.20. The van der Waals surface area contributed by atoms with Crippen LogP contribution in [0.4, 0.5) is 23.0 Å². The van der Waals surface area contributed by atoms with Gasteiger partial charge in [0.15, 0.2) is 17.4 Å². The second kappa shape index (κ2) is 13.0. The highest BCUT2D eigenvalue weighted by Gasteiger charge is 2.36. The van der Waals surface area contributed by atoms with Crippen LogP contribution in [0.15, 0.2) is 40.6 Å². The molecule has 6 N–H and O–H groups in total. The molecule has 0 bridgehead atoms. The van der Waals surface area contributed by atoms with Gasteiger partial charge in [-0.1, -0.05) is 38.8 Å². The van der Waals surface area contributed by atoms with Gasteiger partial charge in [0, 0.05) is 24.2 Å². The first-order valence-electron chi connectivity index (χ1n) is 13.4. The molecule has 1 aliphatic carbocycles. The molecule has 41 heavy (non-hydrogen) atoms. The Morgan fingerprint density at radius 2 is 1.46 bits per heavy atom. The van der Waals surface area contributed by atoms with E-state index in [1.165, 1.54) is 12.1 Å². The van der Waals surface area contributed by atoms with E-state index in [0.717, 1.165) is 37.8 Å². The number of nitriles is 1. The van der Waals surface area contributed by atoms with Crippen molar-refractivity contribution >= 4 is 34.6 Å². The summed E-state index contributed by atoms with van der Waals surface area (Å²) < 4.78 is 0. The summed E-state index contributed by atoms with van der Waals surface area (Å²) in [6.07, 6.45) is 3.84. The minimum atomic E-state index is -0.664. The molecule has 0 saturated carbocycles. The number of hydrogen-bond donors (Lipinski definition) is 6. The van der Waals surface area contributed by atoms with Gasteiger partial charge in [-0.2, -0.15) is 5.26 Å². The Bertz CT molecular complexity index is 1560. The van der Waals surface area contributed by atoms with Crippen LogP contribution in [0.2, 0.25) is 0 Å². The van der Waals surface area contributed by atoms with Crippen molar-refractivity contribution in [3.05, 3.63) is 63.7 Å². The molecule has 1 aromatic heterocycles. The van der Waals surface area contributed by atoms with Crippen LogP contribution in [0, 0.1) is 18.3 Å². The number of benzene rings is 2. The first-order chi connectivity index (χ1) is 19.8. The fraction of sp³-hybridized carbons (Fsp3) is 0.310. The number of carbonyl (C=O) groups is 2. The third-order valence-corrected chi connectivity index (χ3v) is 6.64. The first-order valence-corrected chi connectivity index (χ1v) is 13.4. The van der Waals surface area contributed by atoms with E-state index in [0.29, 0.717) is 30.3 Å². The van der Waals surface area contributed by atoms with Crippen LogP contribution >= 0.6 is 0 Å². The average Bonchev–Trinajstić information content (AvgIpc) is 2.97. The van der Waals surface area contributed by atoms with Crippen molar-refractivity contribution in [1.29, 1.82) is 5.26 Å². The molecule has 1 aliphatic rings. The minimum Gasteiger partial charge on any atom is -0.507 e. The van der Waals surface area contributed by atoms with Gasteiger partial charge in [-0.3, -0.25) is 9.59 Å². The number of aromatic hydroxyl groups is 2. The summed E-state index contributed by atoms with van der Waals surface area (Å²) in [6.45, 7) is 7.21. The zero-order valence-corrected chi connectivity index (χ0v) is 23.1. The van der Waals surface area contributed by atoms with Crippen molar-refractivity contribution < 1.29 is 19.8 Å². The van der Waals surface area contributed by atoms with Gasteiger partial charge >= 0.3 is 0 Å². The van der Waals surface area contributed by atoms with Crippen molar-refractivity contribution in [2.24, 2.45) is 10.2 Å². The Labute approximate surface area is 237 Å². The summed E-state index contributed by atoms with van der Waals surface area (Å²) in [5.41, 5.74) is 12.8. The van der Waals surface area contributed by atoms with Crippen LogP contribution in [-0.4, -0.2) is 39.9 Å². The van der Waals surface area contributed by atoms with Crippen LogP contribution in [-0.2, 0) is 0 Å². The highest BCUT2D eigenvalue weighted by atomic mass is 16.3. The number of phenolic OH excluding ortho intramolecular Hbond substituents is 2. The topological polar surface area (TPSA) is 184 Å². The van der Waals surface area contributed by atoms with Crippen LogP contribution in [0.3, 0.4) is 0 Å². The number of unbranched alkanes of at least 4 members (excludes halogenated alkanes) is 2. The third kappa shape index (κ3) is 5.86. The van der Waals surface area contributed by atoms with Crippen molar-refractivity contribution in [1.82, 2.24) is 15.8 Å². The summed E-state index contributed by atoms with van der Waals surface area (Å²) in [6, 6.07) is 9.02. The predicted molar refractivity (Wildman–Crippen MR) is 154 cm³/mol. The number of nitrogens with zero attached hydrogens (tertiary/aromatic N) is 4. The number of aromatic nitrogens is 1. The van der Waals surface area contributed by atoms with Crippen LogP contribution in [0.5, 0.6) is 11.5 Å². The molecule has 0 saturated heterocycles. The molecule has 4 rings (SSSR count). The number of pyridine rings is 1. The van der Waals surface area contributed by atoms with Gasteiger partial charge in [-0.05, 0) is 38.0 Å². The summed E-state index contributed by atoms with van der Waals surface area (Å²) in [7, 11) is 0. The van der Waals surface area contributed by atoms with Crippen molar-refractivity contribution in [3.63, 3.8) is 0 Å². The Morgan fingerprint density at radius 3 is 2.07 bits per heavy atom. The first kappa shape index (κ1) is 29.1. The molecule has 212 valence electrons. The quantitative estimate of drug-likeness (QED) is 0.0579. The largest absolute Gasteiger partial charge is 0.507 e. The average molecular weight is 557 g/mol. The molecule has 0 radical (unpaired) electrons. The number of rotatable bonds is 12. The summed E-state index contributed by atoms with van der Waals surface area (Å²) in [5.74, 6) is -1.47. The Balaban J connectivity index is 1.77. The highest BCUT2D eigenvalue weighted by molar-refractivity contribution is 6.31. The van der Waals surface area contributed by atoms with E-state index in [1.807, 2.05) is 0 Å². The molecule has 12 heteroatoms. The minimum absolute atomic E-state index is 0.0321. The van der Waals surface area contributed by atoms with Gasteiger partial charge in [-0.25, -0.2) is 15.8 Å². The molecule has 0 aliphatic heterocycles. The second-order valence-corrected chi connectivity index (χ2v) is 9.49. The molecule has 0 unspecified atom stereocenters. The van der Waals surface area contributed by atoms with E-state index in [-0.39, 0.29) is 39.2 Å². The SMILES string of the molecule is CCCCNNc1nc(NNCCCC)c(/N=N/c2cccc3c2C(=O)c2c(O)ccc(O)c2C3=O)c(C)c1C#N. The van der Waals surface area contributed by atoms with Crippen molar-refractivity contribution in [2.75, 3.05) is 23.9 Å². The van der Waals surface area contributed by atoms with Gasteiger partial charge in [0.2, 0.25) is 5.78 Å². The molecule has 2 aromatic carbocycles. The number of phenols is 2. The number of anilines is 2. The van der Waals surface area contributed by atoms with Gasteiger partial charge in [0.25, 0.3) is 0 Å². The maximum Gasteiger partial charge on any atom is 0.200 e. The Morgan fingerprint density at radius 1 is 0.854 bits per heavy atom. The maximum absolute atomic E-state index is 13.5. The fourth-order valence-corrected chi connectivity index (χ4v) is 4.41. The number of fused-ring (bicyclic) bond motifs is 2. The molecule has 0 spiro atoms. The van der Waals surface area contributed by atoms with Gasteiger partial charge in [0.05, 0.1) is 22.4 Å². The standard InChI is InChI=1S/C29H32N8O4/c1-4-6-13-31-36-28-18(15-30)16(3)25(29(33-28)37-32-14-7-5-2)35-34-19-10-8-9-17-22(19)27(41)24-21(39)12-11-20(38)23(24)26(17)40/h8-12,31-32,38-39H,4-7,13-14H2,1-3H3,(H2,33,36,37)/b35-34+. The molecule has 12 nitrogen and oxygen atoms in total. The van der Waals surface area contributed by atoms with Crippen molar-refractivity contribution in [3.8, 4) is 17.6 Å². The van der Waals surface area contributed by atoms with E-state index >= 15 is 0 Å². The van der Waals surface area contributed by atoms with Crippen LogP contribution in [0.1, 0.15) is 82.5 Å². The summed E-state index contributed by atoms with van der Waals surface area (Å²) >= 11 is 0. The van der Waals surface area contributed by atoms with E-state index in [2.05, 4.69) is 56.8 Å². The molecule has 0 atom stereocenters. The maximum atomic E-state index is 13.5. The van der Waals surface area contributed by atoms with Crippen LogP contribution < -0.4 is 21.7 Å². The zero-order valence-electron chi connectivity index (χ0n) is 23.1. The molecule has 3 aromatic rings. The monoisotopic (exact) mass is 556 g/mol. The number of ketones is 2. The third-order valence-electron chi connectivity index (χ3n) is 6.64. The molecule has 0 fully saturated rings. The van der Waals surface area contributed by atoms with E-state index in [1.54, 1.807) is 13.0 Å². The molecular weight excluding hydrogens is 524 g/mol. The lowest BCUT2D eigenvalue weighted by molar-refractivity contribution is 0.0974. The summed E-state index contributed by atoms with van der Waals surface area (Å²) in [5, 5.41) is 39.2. The lowest BCUT2D eigenvalue weighted by Crippen LogP contribution is -2.26. The van der Waals surface area contributed by atoms with E-state index < -0.39 is 23.1 Å². The fourth-order valence-electron chi connectivity index (χ4n) is 4.41. The van der Waals surface area contributed by atoms with Gasteiger partial charge in [0.1, 0.15) is 28.8 Å². The lowest BCUT2D eigenvalue weighted by atomic mass is 9.82. The number of hydrazine groups is 2. The molecular formula is C29H32N8O4. The number of azo groups is 1. The Hall–Kier alpha value is -4.86. The normalized spacial score (nSPS) is 12.2. The number of hydrogen-bond acceptors (Lipinski definition) is 12. The molecule has 0 amide bonds. The van der Waals surface area contributed by atoms with E-state index in [9.17, 15) is 25.1 Å². The van der Waals surface area contributed by atoms with Gasteiger partial charge < -0.3 is 21.1 Å². The zero-order chi connectivity index (χ0) is 29.5. The van der Waals surface area contributed by atoms with Crippen molar-refractivity contribution in [2.45, 2.75) is 46.5 Å². The number of carbonyl (C=O) groups excluding carboxylic acids is 2. The number of nitrogens with one attached hydrogen (secondary N) is 4. The predicted octanol–water partition coefficient (Wildman–Crippen LogP) is 5.30. The smallest absolute Gasteiger partial charge is 0.200 e. The summed E-state index contributed by atoms with van der Waals surface area (Å²) in [4.78, 5) is 31.2. The van der Waals surface area contributed by atoms with Gasteiger partial charge in [-0.15, -0.1) is 10.2 Å². The van der Waals surface area contributed by atoms with E-state index in [4.69, 9.17) is 0 Å². The highest BCUT2D eigenvalue weighted by Crippen LogP contribution is 2.41. The van der Waals surface area contributed by atoms with Crippen LogP contribution in [0.25, 0.3) is 0 Å². The molecule has 1 heterocycles.